The Hall–Kier alpha value is -2.73. The van der Waals surface area contributed by atoms with Crippen molar-refractivity contribution in [3.05, 3.63) is 52.5 Å². The average Bonchev–Trinajstić information content (AvgIpc) is 2.67. The molecule has 0 radical (unpaired) electrons. The maximum atomic E-state index is 12.3. The summed E-state index contributed by atoms with van der Waals surface area (Å²) in [7, 11) is 0. The molecule has 6 nitrogen and oxygen atoms in total. The maximum Gasteiger partial charge on any atom is 0.280 e. The van der Waals surface area contributed by atoms with E-state index in [1.54, 1.807) is 32.0 Å². The minimum Gasteiger partial charge on any atom is -0.486 e. The normalized spacial score (nSPS) is 14.4. The number of hydrazone groups is 1. The third kappa shape index (κ3) is 4.71. The van der Waals surface area contributed by atoms with Crippen LogP contribution in [0.3, 0.4) is 0 Å². The van der Waals surface area contributed by atoms with E-state index in [0.29, 0.717) is 41.2 Å². The van der Waals surface area contributed by atoms with Crippen molar-refractivity contribution in [3.8, 4) is 17.2 Å². The second-order valence-corrected chi connectivity index (χ2v) is 6.64. The quantitative estimate of drug-likeness (QED) is 0.626. The molecule has 1 heterocycles. The highest BCUT2D eigenvalue weighted by Gasteiger charge is 2.16. The van der Waals surface area contributed by atoms with Crippen LogP contribution < -0.4 is 19.6 Å². The number of carbonyl (C=O) groups is 1. The molecule has 0 unspecified atom stereocenters. The Balaban J connectivity index is 1.63. The van der Waals surface area contributed by atoms with E-state index in [4.69, 9.17) is 25.8 Å². The average molecular weight is 389 g/mol. The van der Waals surface area contributed by atoms with E-state index in [9.17, 15) is 4.79 Å². The molecule has 0 aromatic heterocycles. The molecule has 0 fully saturated rings. The van der Waals surface area contributed by atoms with Gasteiger partial charge in [-0.05, 0) is 62.7 Å². The summed E-state index contributed by atoms with van der Waals surface area (Å²) >= 11 is 5.93. The van der Waals surface area contributed by atoms with Crippen molar-refractivity contribution >= 4 is 23.2 Å². The van der Waals surface area contributed by atoms with Gasteiger partial charge in [0.2, 0.25) is 0 Å². The fourth-order valence-electron chi connectivity index (χ4n) is 2.55. The lowest BCUT2D eigenvalue weighted by atomic mass is 10.1. The molecule has 0 saturated heterocycles. The molecule has 1 N–H and O–H groups in total. The van der Waals surface area contributed by atoms with Crippen molar-refractivity contribution in [1.29, 1.82) is 0 Å². The van der Waals surface area contributed by atoms with Crippen molar-refractivity contribution in [3.63, 3.8) is 0 Å². The van der Waals surface area contributed by atoms with Gasteiger partial charge in [0.05, 0.1) is 5.71 Å². The molecule has 3 rings (SSSR count). The van der Waals surface area contributed by atoms with Gasteiger partial charge in [0.15, 0.2) is 17.6 Å². The summed E-state index contributed by atoms with van der Waals surface area (Å²) in [4.78, 5) is 12.3. The number of rotatable bonds is 5. The Morgan fingerprint density at radius 3 is 2.67 bits per heavy atom. The van der Waals surface area contributed by atoms with Crippen LogP contribution in [0, 0.1) is 6.92 Å². The zero-order valence-electron chi connectivity index (χ0n) is 15.4. The third-order valence-corrected chi connectivity index (χ3v) is 4.34. The molecule has 2 aromatic rings. The summed E-state index contributed by atoms with van der Waals surface area (Å²) < 4.78 is 16.8. The predicted molar refractivity (Wildman–Crippen MR) is 104 cm³/mol. The molecule has 27 heavy (non-hydrogen) atoms. The minimum atomic E-state index is -0.707. The number of benzene rings is 2. The number of hydrogen-bond donors (Lipinski definition) is 1. The standard InChI is InChI=1S/C20H21ClN2O4/c1-12-10-16(21)5-7-17(12)27-14(3)20(24)23-22-13(2)15-4-6-18-19(11-15)26-9-8-25-18/h4-7,10-11,14H,8-9H2,1-3H3,(H,23,24)/b22-13+/t14-/m0/s1. The highest BCUT2D eigenvalue weighted by atomic mass is 35.5. The number of nitrogens with zero attached hydrogens (tertiary/aromatic N) is 1. The van der Waals surface area contributed by atoms with E-state index >= 15 is 0 Å². The first-order valence-electron chi connectivity index (χ1n) is 8.61. The van der Waals surface area contributed by atoms with E-state index in [0.717, 1.165) is 11.1 Å². The smallest absolute Gasteiger partial charge is 0.280 e. The Morgan fingerprint density at radius 2 is 1.93 bits per heavy atom. The SMILES string of the molecule is C/C(=N\NC(=O)[C@H](C)Oc1ccc(Cl)cc1C)c1ccc2c(c1)OCCO2. The van der Waals surface area contributed by atoms with Gasteiger partial charge in [0.1, 0.15) is 19.0 Å². The van der Waals surface area contributed by atoms with E-state index < -0.39 is 6.10 Å². The molecule has 7 heteroatoms. The summed E-state index contributed by atoms with van der Waals surface area (Å²) in [5.74, 6) is 1.65. The first kappa shape index (κ1) is 19.0. The topological polar surface area (TPSA) is 69.2 Å². The second-order valence-electron chi connectivity index (χ2n) is 6.20. The van der Waals surface area contributed by atoms with Gasteiger partial charge in [-0.25, -0.2) is 5.43 Å². The minimum absolute atomic E-state index is 0.346. The summed E-state index contributed by atoms with van der Waals surface area (Å²) in [6, 6.07) is 10.8. The predicted octanol–water partition coefficient (Wildman–Crippen LogP) is 3.73. The van der Waals surface area contributed by atoms with Crippen LogP contribution in [0.2, 0.25) is 5.02 Å². The molecule has 1 amide bonds. The molecular weight excluding hydrogens is 368 g/mol. The number of aryl methyl sites for hydroxylation is 1. The van der Waals surface area contributed by atoms with Crippen LogP contribution in [-0.4, -0.2) is 30.9 Å². The van der Waals surface area contributed by atoms with Crippen LogP contribution in [0.5, 0.6) is 17.2 Å². The second kappa shape index (κ2) is 8.31. The van der Waals surface area contributed by atoms with E-state index in [-0.39, 0.29) is 5.91 Å². The van der Waals surface area contributed by atoms with Gasteiger partial charge in [0, 0.05) is 10.6 Å². The number of ether oxygens (including phenoxy) is 3. The molecule has 2 aromatic carbocycles. The number of hydrogen-bond acceptors (Lipinski definition) is 5. The third-order valence-electron chi connectivity index (χ3n) is 4.10. The van der Waals surface area contributed by atoms with Crippen molar-refractivity contribution in [2.24, 2.45) is 5.10 Å². The molecule has 0 saturated carbocycles. The van der Waals surface area contributed by atoms with Crippen molar-refractivity contribution in [2.75, 3.05) is 13.2 Å². The number of nitrogens with one attached hydrogen (secondary N) is 1. The van der Waals surface area contributed by atoms with E-state index in [2.05, 4.69) is 10.5 Å². The Bertz CT molecular complexity index is 882. The zero-order chi connectivity index (χ0) is 19.4. The van der Waals surface area contributed by atoms with E-state index in [1.165, 1.54) is 0 Å². The summed E-state index contributed by atoms with van der Waals surface area (Å²) in [6.07, 6.45) is -0.707. The molecule has 1 atom stereocenters. The number of halogens is 1. The van der Waals surface area contributed by atoms with Gasteiger partial charge < -0.3 is 14.2 Å². The number of carbonyl (C=O) groups excluding carboxylic acids is 1. The number of amides is 1. The number of fused-ring (bicyclic) bond motifs is 1. The van der Waals surface area contributed by atoms with Gasteiger partial charge in [0.25, 0.3) is 5.91 Å². The van der Waals surface area contributed by atoms with Gasteiger partial charge in [-0.3, -0.25) is 4.79 Å². The Morgan fingerprint density at radius 1 is 1.19 bits per heavy atom. The molecular formula is C20H21ClN2O4. The van der Waals surface area contributed by atoms with Crippen LogP contribution in [0.1, 0.15) is 25.0 Å². The molecule has 0 aliphatic carbocycles. The van der Waals surface area contributed by atoms with Gasteiger partial charge in [-0.2, -0.15) is 5.10 Å². The van der Waals surface area contributed by atoms with Crippen molar-refractivity contribution < 1.29 is 19.0 Å². The van der Waals surface area contributed by atoms with Crippen LogP contribution in [0.25, 0.3) is 0 Å². The monoisotopic (exact) mass is 388 g/mol. The Labute approximate surface area is 163 Å². The van der Waals surface area contributed by atoms with Gasteiger partial charge >= 0.3 is 0 Å². The van der Waals surface area contributed by atoms with Crippen molar-refractivity contribution in [2.45, 2.75) is 26.9 Å². The van der Waals surface area contributed by atoms with E-state index in [1.807, 2.05) is 25.1 Å². The molecule has 1 aliphatic rings. The Kier molecular flexibility index (Phi) is 5.86. The van der Waals surface area contributed by atoms with Gasteiger partial charge in [-0.15, -0.1) is 0 Å². The highest BCUT2D eigenvalue weighted by molar-refractivity contribution is 6.30. The summed E-state index contributed by atoms with van der Waals surface area (Å²) in [5.41, 5.74) is 4.88. The largest absolute Gasteiger partial charge is 0.486 e. The first-order chi connectivity index (χ1) is 12.9. The fraction of sp³-hybridized carbons (Fsp3) is 0.300. The van der Waals surface area contributed by atoms with Gasteiger partial charge in [-0.1, -0.05) is 11.6 Å². The first-order valence-corrected chi connectivity index (χ1v) is 8.99. The van der Waals surface area contributed by atoms with Crippen LogP contribution >= 0.6 is 11.6 Å². The van der Waals surface area contributed by atoms with Crippen LogP contribution in [0.4, 0.5) is 0 Å². The van der Waals surface area contributed by atoms with Crippen LogP contribution in [0.15, 0.2) is 41.5 Å². The molecule has 142 valence electrons. The lowest BCUT2D eigenvalue weighted by molar-refractivity contribution is -0.127. The van der Waals surface area contributed by atoms with Crippen molar-refractivity contribution in [1.82, 2.24) is 5.43 Å². The summed E-state index contributed by atoms with van der Waals surface area (Å²) in [6.45, 7) is 6.40. The molecule has 0 bridgehead atoms. The lowest BCUT2D eigenvalue weighted by Gasteiger charge is -2.19. The molecule has 0 spiro atoms. The lowest BCUT2D eigenvalue weighted by Crippen LogP contribution is -2.34. The molecule has 1 aliphatic heterocycles. The highest BCUT2D eigenvalue weighted by Crippen LogP contribution is 2.30. The zero-order valence-corrected chi connectivity index (χ0v) is 16.2. The maximum absolute atomic E-state index is 12.3. The van der Waals surface area contributed by atoms with Crippen LogP contribution in [-0.2, 0) is 4.79 Å². The summed E-state index contributed by atoms with van der Waals surface area (Å²) in [5, 5.41) is 4.78. The fourth-order valence-corrected chi connectivity index (χ4v) is 2.78.